The molecule has 0 saturated carbocycles. The van der Waals surface area contributed by atoms with E-state index >= 15 is 0 Å². The number of methoxy groups -OCH3 is 1. The highest BCUT2D eigenvalue weighted by Gasteiger charge is 2.13. The van der Waals surface area contributed by atoms with Crippen LogP contribution in [0.4, 0.5) is 5.69 Å². The molecule has 2 heterocycles. The number of benzene rings is 1. The normalized spacial score (nSPS) is 11.6. The zero-order valence-electron chi connectivity index (χ0n) is 12.3. The minimum atomic E-state index is -3.36. The quantitative estimate of drug-likeness (QED) is 0.752. The number of sulfonamides is 1. The molecular weight excluding hydrogens is 340 g/mol. The van der Waals surface area contributed by atoms with E-state index in [0.29, 0.717) is 39.0 Å². The first-order chi connectivity index (χ1) is 10.9. The summed E-state index contributed by atoms with van der Waals surface area (Å²) in [5.41, 5.74) is 2.32. The Morgan fingerprint density at radius 3 is 2.78 bits per heavy atom. The molecule has 0 saturated heterocycles. The van der Waals surface area contributed by atoms with Crippen LogP contribution in [0.2, 0.25) is 5.02 Å². The number of pyridine rings is 1. The van der Waals surface area contributed by atoms with Crippen molar-refractivity contribution in [3.8, 4) is 17.1 Å². The van der Waals surface area contributed by atoms with Crippen LogP contribution in [-0.2, 0) is 10.0 Å². The van der Waals surface area contributed by atoms with E-state index in [9.17, 15) is 8.42 Å². The van der Waals surface area contributed by atoms with E-state index in [-0.39, 0.29) is 0 Å². The van der Waals surface area contributed by atoms with Crippen LogP contribution in [0.3, 0.4) is 0 Å². The molecule has 0 aliphatic rings. The fourth-order valence-corrected chi connectivity index (χ4v) is 2.88. The Labute approximate surface area is 137 Å². The van der Waals surface area contributed by atoms with Crippen LogP contribution in [-0.4, -0.2) is 36.7 Å². The van der Waals surface area contributed by atoms with Gasteiger partial charge in [-0.15, -0.1) is 0 Å². The van der Waals surface area contributed by atoms with Crippen LogP contribution in [0.5, 0.6) is 5.75 Å². The molecule has 120 valence electrons. The van der Waals surface area contributed by atoms with Crippen molar-refractivity contribution in [2.24, 2.45) is 0 Å². The molecule has 3 rings (SSSR count). The van der Waals surface area contributed by atoms with Gasteiger partial charge in [-0.2, -0.15) is 0 Å². The van der Waals surface area contributed by atoms with Crippen molar-refractivity contribution in [3.63, 3.8) is 0 Å². The summed E-state index contributed by atoms with van der Waals surface area (Å²) in [6.07, 6.45) is 2.60. The Morgan fingerprint density at radius 1 is 1.30 bits per heavy atom. The van der Waals surface area contributed by atoms with Gasteiger partial charge in [0.1, 0.15) is 11.6 Å². The summed E-state index contributed by atoms with van der Waals surface area (Å²) in [5.74, 6) is 1.03. The molecule has 0 spiro atoms. The largest absolute Gasteiger partial charge is 0.496 e. The number of fused-ring (bicyclic) bond motifs is 1. The molecule has 2 aromatic heterocycles. The van der Waals surface area contributed by atoms with Crippen molar-refractivity contribution >= 4 is 38.5 Å². The number of H-pyrrole nitrogens is 1. The highest BCUT2D eigenvalue weighted by molar-refractivity contribution is 7.92. The third-order valence-corrected chi connectivity index (χ3v) is 3.88. The minimum absolute atomic E-state index is 0.408. The molecule has 0 atom stereocenters. The number of hydrogen-bond acceptors (Lipinski definition) is 5. The summed E-state index contributed by atoms with van der Waals surface area (Å²) in [4.78, 5) is 11.7. The van der Waals surface area contributed by atoms with Crippen molar-refractivity contribution < 1.29 is 13.2 Å². The van der Waals surface area contributed by atoms with Crippen LogP contribution >= 0.6 is 11.6 Å². The van der Waals surface area contributed by atoms with Crippen LogP contribution < -0.4 is 9.46 Å². The summed E-state index contributed by atoms with van der Waals surface area (Å²) in [7, 11) is -1.86. The molecule has 0 bridgehead atoms. The second-order valence-electron chi connectivity index (χ2n) is 4.90. The van der Waals surface area contributed by atoms with Gasteiger partial charge in [-0.25, -0.2) is 18.4 Å². The van der Waals surface area contributed by atoms with Gasteiger partial charge in [-0.1, -0.05) is 11.6 Å². The molecule has 3 aromatic rings. The van der Waals surface area contributed by atoms with Crippen molar-refractivity contribution in [1.29, 1.82) is 0 Å². The third kappa shape index (κ3) is 3.38. The molecule has 0 unspecified atom stereocenters. The lowest BCUT2D eigenvalue weighted by Crippen LogP contribution is -2.09. The topological polar surface area (TPSA) is 97.0 Å². The first-order valence-corrected chi connectivity index (χ1v) is 8.80. The number of nitrogens with zero attached hydrogens (tertiary/aromatic N) is 2. The van der Waals surface area contributed by atoms with Gasteiger partial charge >= 0.3 is 0 Å². The average molecular weight is 353 g/mol. The lowest BCUT2D eigenvalue weighted by molar-refractivity contribution is 0.416. The van der Waals surface area contributed by atoms with E-state index in [4.69, 9.17) is 16.3 Å². The Hall–Kier alpha value is -2.32. The zero-order chi connectivity index (χ0) is 16.6. The zero-order valence-corrected chi connectivity index (χ0v) is 13.9. The summed E-state index contributed by atoms with van der Waals surface area (Å²) in [6, 6.07) is 6.66. The smallest absolute Gasteiger partial charge is 0.229 e. The molecule has 0 amide bonds. The van der Waals surface area contributed by atoms with Crippen LogP contribution in [0, 0.1) is 0 Å². The molecule has 0 fully saturated rings. The van der Waals surface area contributed by atoms with E-state index < -0.39 is 10.0 Å². The number of hydrogen-bond donors (Lipinski definition) is 2. The maximum absolute atomic E-state index is 11.3. The fraction of sp³-hybridized carbons (Fsp3) is 0.143. The summed E-state index contributed by atoms with van der Waals surface area (Å²) >= 11 is 5.91. The van der Waals surface area contributed by atoms with Crippen molar-refractivity contribution in [2.75, 3.05) is 18.1 Å². The molecule has 0 aliphatic heterocycles. The van der Waals surface area contributed by atoms with Crippen molar-refractivity contribution in [3.05, 3.63) is 35.5 Å². The van der Waals surface area contributed by atoms with E-state index in [1.807, 2.05) is 0 Å². The van der Waals surface area contributed by atoms with E-state index in [1.165, 1.54) is 13.3 Å². The number of imidazole rings is 1. The lowest BCUT2D eigenvalue weighted by Gasteiger charge is -2.09. The molecule has 7 nitrogen and oxygen atoms in total. The minimum Gasteiger partial charge on any atom is -0.496 e. The Morgan fingerprint density at radius 2 is 2.09 bits per heavy atom. The predicted molar refractivity (Wildman–Crippen MR) is 89.4 cm³/mol. The number of anilines is 1. The van der Waals surface area contributed by atoms with Crippen LogP contribution in [0.1, 0.15) is 0 Å². The molecule has 23 heavy (non-hydrogen) atoms. The van der Waals surface area contributed by atoms with E-state index in [1.54, 1.807) is 24.3 Å². The Bertz CT molecular complexity index is 985. The standard InChI is InChI=1S/C14H13ClN4O3S/c1-22-12-6-9(19-23(2,20)21)3-4-10(12)13-17-11-5-8(15)7-16-14(11)18-13/h3-7,19H,1-2H3,(H,16,17,18). The second-order valence-corrected chi connectivity index (χ2v) is 7.08. The summed E-state index contributed by atoms with van der Waals surface area (Å²) in [6.45, 7) is 0. The predicted octanol–water partition coefficient (Wildman–Crippen LogP) is 2.66. The molecule has 1 aromatic carbocycles. The van der Waals surface area contributed by atoms with Gasteiger partial charge in [0.05, 0.1) is 35.2 Å². The summed E-state index contributed by atoms with van der Waals surface area (Å²) in [5, 5.41) is 0.507. The van der Waals surface area contributed by atoms with Crippen LogP contribution in [0.25, 0.3) is 22.6 Å². The first kappa shape index (κ1) is 15.6. The Balaban J connectivity index is 2.07. The molecule has 0 radical (unpaired) electrons. The van der Waals surface area contributed by atoms with Gasteiger partial charge in [0.25, 0.3) is 0 Å². The van der Waals surface area contributed by atoms with Gasteiger partial charge in [0.15, 0.2) is 5.65 Å². The molecule has 9 heteroatoms. The highest BCUT2D eigenvalue weighted by Crippen LogP contribution is 2.32. The average Bonchev–Trinajstić information content (AvgIpc) is 2.88. The van der Waals surface area contributed by atoms with Crippen molar-refractivity contribution in [2.45, 2.75) is 0 Å². The number of aromatic amines is 1. The number of nitrogens with one attached hydrogen (secondary N) is 2. The van der Waals surface area contributed by atoms with Crippen molar-refractivity contribution in [1.82, 2.24) is 15.0 Å². The highest BCUT2D eigenvalue weighted by atomic mass is 35.5. The maximum atomic E-state index is 11.3. The van der Waals surface area contributed by atoms with Gasteiger partial charge < -0.3 is 9.72 Å². The number of aromatic nitrogens is 3. The SMILES string of the molecule is COc1cc(NS(C)(=O)=O)ccc1-c1nc2ncc(Cl)cc2[nH]1. The Kier molecular flexibility index (Phi) is 3.87. The van der Waals surface area contributed by atoms with Gasteiger partial charge in [-0.3, -0.25) is 4.72 Å². The number of ether oxygens (including phenoxy) is 1. The third-order valence-electron chi connectivity index (χ3n) is 3.06. The molecular formula is C14H13ClN4O3S. The number of halogens is 1. The molecule has 2 N–H and O–H groups in total. The summed E-state index contributed by atoms with van der Waals surface area (Å²) < 4.78 is 30.4. The van der Waals surface area contributed by atoms with Gasteiger partial charge in [0.2, 0.25) is 10.0 Å². The second kappa shape index (κ2) is 5.71. The molecule has 0 aliphatic carbocycles. The van der Waals surface area contributed by atoms with Gasteiger partial charge in [-0.05, 0) is 18.2 Å². The monoisotopic (exact) mass is 352 g/mol. The van der Waals surface area contributed by atoms with E-state index in [0.717, 1.165) is 6.26 Å². The first-order valence-electron chi connectivity index (χ1n) is 6.53. The van der Waals surface area contributed by atoms with Gasteiger partial charge in [0, 0.05) is 12.3 Å². The fourth-order valence-electron chi connectivity index (χ4n) is 2.17. The van der Waals surface area contributed by atoms with Crippen LogP contribution in [0.15, 0.2) is 30.5 Å². The maximum Gasteiger partial charge on any atom is 0.229 e. The lowest BCUT2D eigenvalue weighted by atomic mass is 10.1. The number of rotatable bonds is 4. The van der Waals surface area contributed by atoms with E-state index in [2.05, 4.69) is 19.7 Å².